The van der Waals surface area contributed by atoms with Crippen LogP contribution in [0, 0.1) is 5.92 Å². The van der Waals surface area contributed by atoms with Crippen LogP contribution in [-0.4, -0.2) is 24.1 Å². The van der Waals surface area contributed by atoms with Gasteiger partial charge in [-0.1, -0.05) is 31.0 Å². The maximum Gasteiger partial charge on any atom is 0.173 e. The minimum Gasteiger partial charge on any atom is -0.409 e. The first-order valence-corrected chi connectivity index (χ1v) is 7.83. The fourth-order valence-electron chi connectivity index (χ4n) is 3.06. The number of nitrogens with zero attached hydrogens (tertiary/aromatic N) is 2. The monoisotopic (exact) mass is 339 g/mol. The van der Waals surface area contributed by atoms with Gasteiger partial charge >= 0.3 is 0 Å². The summed E-state index contributed by atoms with van der Waals surface area (Å²) in [6.07, 6.45) is 4.97. The zero-order chi connectivity index (χ0) is 14.7. The average Bonchev–Trinajstić information content (AvgIpc) is 2.45. The summed E-state index contributed by atoms with van der Waals surface area (Å²) in [5, 5.41) is 12.2. The van der Waals surface area contributed by atoms with Gasteiger partial charge in [-0.3, -0.25) is 0 Å². The molecule has 2 atom stereocenters. The maximum absolute atomic E-state index is 8.99. The fraction of sp³-hybridized carbons (Fsp3) is 0.533. The van der Waals surface area contributed by atoms with E-state index in [0.717, 1.165) is 21.6 Å². The van der Waals surface area contributed by atoms with Crippen molar-refractivity contribution < 1.29 is 5.21 Å². The maximum atomic E-state index is 8.99. The molecule has 0 aliphatic heterocycles. The van der Waals surface area contributed by atoms with Gasteiger partial charge in [0.1, 0.15) is 0 Å². The van der Waals surface area contributed by atoms with Crippen molar-refractivity contribution in [1.29, 1.82) is 0 Å². The minimum absolute atomic E-state index is 0.142. The summed E-state index contributed by atoms with van der Waals surface area (Å²) in [4.78, 5) is 2.27. The van der Waals surface area contributed by atoms with Gasteiger partial charge in [0.2, 0.25) is 0 Å². The summed E-state index contributed by atoms with van der Waals surface area (Å²) in [6.45, 7) is 2.31. The van der Waals surface area contributed by atoms with Crippen molar-refractivity contribution >= 4 is 27.5 Å². The van der Waals surface area contributed by atoms with Gasteiger partial charge < -0.3 is 15.8 Å². The predicted octanol–water partition coefficient (Wildman–Crippen LogP) is 3.56. The third kappa shape index (κ3) is 3.08. The summed E-state index contributed by atoms with van der Waals surface area (Å²) in [5.41, 5.74) is 7.60. The van der Waals surface area contributed by atoms with E-state index in [0.29, 0.717) is 6.04 Å². The van der Waals surface area contributed by atoms with Crippen LogP contribution in [0.15, 0.2) is 27.8 Å². The van der Waals surface area contributed by atoms with Gasteiger partial charge in [0.25, 0.3) is 0 Å². The number of halogens is 1. The van der Waals surface area contributed by atoms with Gasteiger partial charge in [0.05, 0.1) is 5.56 Å². The summed E-state index contributed by atoms with van der Waals surface area (Å²) in [5.74, 6) is 0.902. The third-order valence-electron chi connectivity index (χ3n) is 4.19. The van der Waals surface area contributed by atoms with Crippen LogP contribution in [0.5, 0.6) is 0 Å². The van der Waals surface area contributed by atoms with Crippen molar-refractivity contribution in [3.8, 4) is 0 Å². The van der Waals surface area contributed by atoms with E-state index in [9.17, 15) is 0 Å². The fourth-order valence-corrected chi connectivity index (χ4v) is 3.62. The number of rotatable bonds is 3. The van der Waals surface area contributed by atoms with E-state index in [1.807, 2.05) is 18.2 Å². The van der Waals surface area contributed by atoms with Crippen LogP contribution in [0.25, 0.3) is 0 Å². The largest absolute Gasteiger partial charge is 0.409 e. The molecule has 4 nitrogen and oxygen atoms in total. The summed E-state index contributed by atoms with van der Waals surface area (Å²) in [7, 11) is 2.10. The lowest BCUT2D eigenvalue weighted by Gasteiger charge is -2.36. The molecule has 1 fully saturated rings. The molecule has 0 spiro atoms. The Kier molecular flexibility index (Phi) is 4.91. The molecule has 1 aromatic rings. The Balaban J connectivity index is 2.34. The molecule has 3 N–H and O–H groups in total. The van der Waals surface area contributed by atoms with E-state index in [2.05, 4.69) is 40.0 Å². The number of hydrogen-bond acceptors (Lipinski definition) is 3. The smallest absolute Gasteiger partial charge is 0.173 e. The van der Waals surface area contributed by atoms with Crippen LogP contribution >= 0.6 is 15.9 Å². The van der Waals surface area contributed by atoms with Crippen LogP contribution in [0.2, 0.25) is 0 Å². The van der Waals surface area contributed by atoms with Crippen molar-refractivity contribution in [2.45, 2.75) is 38.6 Å². The SMILES string of the molecule is CC1CCCC(N(C)c2cccc(Br)c2/C(N)=N/O)C1. The molecular weight excluding hydrogens is 318 g/mol. The lowest BCUT2D eigenvalue weighted by Crippen LogP contribution is -2.37. The van der Waals surface area contributed by atoms with Gasteiger partial charge in [-0.05, 0) is 46.8 Å². The molecule has 110 valence electrons. The Morgan fingerprint density at radius 1 is 1.45 bits per heavy atom. The number of benzene rings is 1. The van der Waals surface area contributed by atoms with Crippen LogP contribution in [0.1, 0.15) is 38.2 Å². The van der Waals surface area contributed by atoms with Gasteiger partial charge in [-0.25, -0.2) is 0 Å². The number of nitrogens with two attached hydrogens (primary N) is 1. The molecule has 0 bridgehead atoms. The van der Waals surface area contributed by atoms with Gasteiger partial charge in [0, 0.05) is 23.2 Å². The summed E-state index contributed by atoms with van der Waals surface area (Å²) < 4.78 is 0.848. The number of amidine groups is 1. The highest BCUT2D eigenvalue weighted by atomic mass is 79.9. The van der Waals surface area contributed by atoms with Crippen molar-refractivity contribution in [3.05, 3.63) is 28.2 Å². The van der Waals surface area contributed by atoms with Gasteiger partial charge in [-0.15, -0.1) is 0 Å². The standard InChI is InChI=1S/C15H22BrN3O/c1-10-5-3-6-11(9-10)19(2)13-8-4-7-12(16)14(13)15(17)18-20/h4,7-8,10-11,20H,3,5-6,9H2,1-2H3,(H2,17,18). The second kappa shape index (κ2) is 6.48. The first kappa shape index (κ1) is 15.2. The van der Waals surface area contributed by atoms with Crippen LogP contribution < -0.4 is 10.6 Å². The second-order valence-electron chi connectivity index (χ2n) is 5.66. The molecule has 1 aliphatic rings. The van der Waals surface area contributed by atoms with Crippen LogP contribution in [0.3, 0.4) is 0 Å². The average molecular weight is 340 g/mol. The van der Waals surface area contributed by atoms with E-state index in [1.165, 1.54) is 25.7 Å². The lowest BCUT2D eigenvalue weighted by atomic mass is 9.86. The zero-order valence-electron chi connectivity index (χ0n) is 12.0. The molecule has 1 saturated carbocycles. The summed E-state index contributed by atoms with van der Waals surface area (Å²) in [6, 6.07) is 6.43. The molecule has 0 saturated heterocycles. The zero-order valence-corrected chi connectivity index (χ0v) is 13.6. The number of oxime groups is 1. The molecule has 0 radical (unpaired) electrons. The molecule has 1 aliphatic carbocycles. The highest BCUT2D eigenvalue weighted by Gasteiger charge is 2.25. The Morgan fingerprint density at radius 2 is 2.20 bits per heavy atom. The Hall–Kier alpha value is -1.23. The van der Waals surface area contributed by atoms with E-state index >= 15 is 0 Å². The lowest BCUT2D eigenvalue weighted by molar-refractivity contribution is 0.318. The van der Waals surface area contributed by atoms with Gasteiger partial charge in [-0.2, -0.15) is 0 Å². The van der Waals surface area contributed by atoms with Crippen molar-refractivity contribution in [3.63, 3.8) is 0 Å². The first-order chi connectivity index (χ1) is 9.54. The van der Waals surface area contributed by atoms with Crippen LogP contribution in [0.4, 0.5) is 5.69 Å². The number of hydrogen-bond donors (Lipinski definition) is 2. The molecule has 0 amide bonds. The van der Waals surface area contributed by atoms with Crippen molar-refractivity contribution in [1.82, 2.24) is 0 Å². The van der Waals surface area contributed by atoms with Gasteiger partial charge in [0.15, 0.2) is 5.84 Å². The molecule has 1 aromatic carbocycles. The third-order valence-corrected chi connectivity index (χ3v) is 4.85. The topological polar surface area (TPSA) is 61.8 Å². The van der Waals surface area contributed by atoms with E-state index < -0.39 is 0 Å². The molecule has 0 heterocycles. The highest BCUT2D eigenvalue weighted by molar-refractivity contribution is 9.10. The quantitative estimate of drug-likeness (QED) is 0.383. The molecule has 0 aromatic heterocycles. The predicted molar refractivity (Wildman–Crippen MR) is 86.5 cm³/mol. The Labute approximate surface area is 128 Å². The van der Waals surface area contributed by atoms with E-state index in [1.54, 1.807) is 0 Å². The van der Waals surface area contributed by atoms with Crippen molar-refractivity contribution in [2.75, 3.05) is 11.9 Å². The molecule has 2 rings (SSSR count). The van der Waals surface area contributed by atoms with Crippen molar-refractivity contribution in [2.24, 2.45) is 16.8 Å². The first-order valence-electron chi connectivity index (χ1n) is 7.03. The van der Waals surface area contributed by atoms with E-state index in [4.69, 9.17) is 10.9 Å². The van der Waals surface area contributed by atoms with Crippen LogP contribution in [-0.2, 0) is 0 Å². The Bertz CT molecular complexity index is 504. The normalized spacial score (nSPS) is 23.6. The molecular formula is C15H22BrN3O. The minimum atomic E-state index is 0.142. The summed E-state index contributed by atoms with van der Waals surface area (Å²) >= 11 is 3.49. The molecule has 5 heteroatoms. The molecule has 20 heavy (non-hydrogen) atoms. The second-order valence-corrected chi connectivity index (χ2v) is 6.51. The number of anilines is 1. The van der Waals surface area contributed by atoms with E-state index in [-0.39, 0.29) is 5.84 Å². The highest BCUT2D eigenvalue weighted by Crippen LogP contribution is 2.33. The Morgan fingerprint density at radius 3 is 2.85 bits per heavy atom. The molecule has 2 unspecified atom stereocenters.